The highest BCUT2D eigenvalue weighted by Crippen LogP contribution is 2.33. The zero-order valence-corrected chi connectivity index (χ0v) is 15.2. The van der Waals surface area contributed by atoms with Crippen LogP contribution in [-0.2, 0) is 5.41 Å². The Labute approximate surface area is 146 Å². The molecule has 0 saturated carbocycles. The van der Waals surface area contributed by atoms with Crippen LogP contribution in [0, 0.1) is 5.82 Å². The highest BCUT2D eigenvalue weighted by molar-refractivity contribution is 5.55. The molecule has 2 heterocycles. The van der Waals surface area contributed by atoms with E-state index in [-0.39, 0.29) is 11.2 Å². The van der Waals surface area contributed by atoms with Crippen molar-refractivity contribution in [2.24, 2.45) is 10.2 Å². The Bertz CT molecular complexity index is 917. The van der Waals surface area contributed by atoms with E-state index in [0.29, 0.717) is 11.5 Å². The van der Waals surface area contributed by atoms with Gasteiger partial charge in [0.25, 0.3) is 0 Å². The summed E-state index contributed by atoms with van der Waals surface area (Å²) in [5, 5.41) is 8.72. The van der Waals surface area contributed by atoms with Gasteiger partial charge in [0.2, 0.25) is 0 Å². The van der Waals surface area contributed by atoms with Crippen molar-refractivity contribution in [3.8, 4) is 0 Å². The molecule has 25 heavy (non-hydrogen) atoms. The van der Waals surface area contributed by atoms with Gasteiger partial charge in [0.1, 0.15) is 11.5 Å². The van der Waals surface area contributed by atoms with Crippen LogP contribution in [0.5, 0.6) is 0 Å². The van der Waals surface area contributed by atoms with Crippen LogP contribution in [0.4, 0.5) is 21.6 Å². The number of azo groups is 1. The van der Waals surface area contributed by atoms with Gasteiger partial charge in [-0.3, -0.25) is 4.40 Å². The summed E-state index contributed by atoms with van der Waals surface area (Å²) >= 11 is 0. The summed E-state index contributed by atoms with van der Waals surface area (Å²) in [7, 11) is 3.97. The van der Waals surface area contributed by atoms with E-state index in [2.05, 4.69) is 36.0 Å². The first kappa shape index (κ1) is 17.1. The van der Waals surface area contributed by atoms with Gasteiger partial charge in [-0.25, -0.2) is 9.37 Å². The Hall–Kier alpha value is -2.76. The molecule has 0 amide bonds. The van der Waals surface area contributed by atoms with Gasteiger partial charge in [-0.15, -0.1) is 10.2 Å². The number of rotatable bonds is 3. The van der Waals surface area contributed by atoms with E-state index in [4.69, 9.17) is 0 Å². The fourth-order valence-electron chi connectivity index (χ4n) is 2.53. The van der Waals surface area contributed by atoms with Crippen molar-refractivity contribution in [3.05, 3.63) is 54.1 Å². The summed E-state index contributed by atoms with van der Waals surface area (Å²) in [4.78, 5) is 6.63. The molecular weight excluding hydrogens is 317 g/mol. The van der Waals surface area contributed by atoms with Crippen molar-refractivity contribution in [2.75, 3.05) is 19.0 Å². The summed E-state index contributed by atoms with van der Waals surface area (Å²) in [5.41, 5.74) is 3.03. The molecular formula is C19H22FN5. The van der Waals surface area contributed by atoms with Gasteiger partial charge in [-0.05, 0) is 36.4 Å². The number of imidazole rings is 1. The van der Waals surface area contributed by atoms with Gasteiger partial charge in [0, 0.05) is 31.4 Å². The maximum atomic E-state index is 13.7. The molecule has 0 aliphatic heterocycles. The van der Waals surface area contributed by atoms with Crippen molar-refractivity contribution >= 4 is 22.8 Å². The van der Waals surface area contributed by atoms with Gasteiger partial charge in [0.15, 0.2) is 5.82 Å². The molecule has 5 nitrogen and oxygen atoms in total. The average molecular weight is 339 g/mol. The van der Waals surface area contributed by atoms with E-state index in [0.717, 1.165) is 17.1 Å². The fourth-order valence-corrected chi connectivity index (χ4v) is 2.53. The number of nitrogens with zero attached hydrogens (tertiary/aromatic N) is 5. The quantitative estimate of drug-likeness (QED) is 0.612. The first-order valence-corrected chi connectivity index (χ1v) is 8.13. The van der Waals surface area contributed by atoms with E-state index in [1.165, 1.54) is 12.3 Å². The zero-order valence-electron chi connectivity index (χ0n) is 15.2. The van der Waals surface area contributed by atoms with E-state index >= 15 is 0 Å². The molecule has 0 atom stereocenters. The number of halogens is 1. The lowest BCUT2D eigenvalue weighted by molar-refractivity contribution is 0.573. The molecule has 2 aromatic heterocycles. The van der Waals surface area contributed by atoms with Crippen LogP contribution in [0.2, 0.25) is 0 Å². The van der Waals surface area contributed by atoms with Gasteiger partial charge >= 0.3 is 0 Å². The number of benzene rings is 1. The molecule has 0 spiro atoms. The monoisotopic (exact) mass is 339 g/mol. The molecule has 1 aromatic carbocycles. The molecule has 0 unspecified atom stereocenters. The lowest BCUT2D eigenvalue weighted by Gasteiger charge is -2.15. The minimum atomic E-state index is -0.336. The van der Waals surface area contributed by atoms with Crippen LogP contribution in [0.25, 0.3) is 5.65 Å². The predicted octanol–water partition coefficient (Wildman–Crippen LogP) is 5.25. The Morgan fingerprint density at radius 3 is 2.28 bits per heavy atom. The largest absolute Gasteiger partial charge is 0.378 e. The molecule has 0 saturated heterocycles. The van der Waals surface area contributed by atoms with Crippen molar-refractivity contribution in [1.29, 1.82) is 0 Å². The normalized spacial score (nSPS) is 12.2. The van der Waals surface area contributed by atoms with Gasteiger partial charge in [-0.1, -0.05) is 20.8 Å². The number of hydrogen-bond acceptors (Lipinski definition) is 4. The van der Waals surface area contributed by atoms with E-state index in [9.17, 15) is 4.39 Å². The molecule has 3 rings (SSSR count). The fraction of sp³-hybridized carbons (Fsp3) is 0.316. The van der Waals surface area contributed by atoms with Crippen LogP contribution in [0.15, 0.2) is 52.8 Å². The number of fused-ring (bicyclic) bond motifs is 1. The van der Waals surface area contributed by atoms with E-state index in [1.807, 2.05) is 43.3 Å². The van der Waals surface area contributed by atoms with Gasteiger partial charge in [0.05, 0.1) is 11.4 Å². The lowest BCUT2D eigenvalue weighted by Crippen LogP contribution is -2.11. The molecule has 0 aliphatic rings. The van der Waals surface area contributed by atoms with Crippen LogP contribution in [-0.4, -0.2) is 23.5 Å². The Kier molecular flexibility index (Phi) is 4.29. The van der Waals surface area contributed by atoms with Crippen molar-refractivity contribution < 1.29 is 4.39 Å². The molecule has 0 radical (unpaired) electrons. The molecule has 0 fully saturated rings. The van der Waals surface area contributed by atoms with Crippen LogP contribution < -0.4 is 4.90 Å². The molecule has 3 aromatic rings. The second-order valence-corrected chi connectivity index (χ2v) is 7.22. The van der Waals surface area contributed by atoms with Crippen molar-refractivity contribution in [1.82, 2.24) is 9.38 Å². The number of anilines is 1. The van der Waals surface area contributed by atoms with Gasteiger partial charge in [-0.2, -0.15) is 0 Å². The molecule has 0 bridgehead atoms. The Balaban J connectivity index is 2.06. The molecule has 0 aliphatic carbocycles. The average Bonchev–Trinajstić information content (AvgIpc) is 2.91. The second kappa shape index (κ2) is 6.27. The third kappa shape index (κ3) is 3.52. The summed E-state index contributed by atoms with van der Waals surface area (Å²) in [6.07, 6.45) is 1.39. The topological polar surface area (TPSA) is 45.3 Å². The highest BCUT2D eigenvalue weighted by atomic mass is 19.1. The molecule has 0 N–H and O–H groups in total. The summed E-state index contributed by atoms with van der Waals surface area (Å²) in [6.45, 7) is 6.15. The third-order valence-electron chi connectivity index (χ3n) is 3.89. The first-order valence-electron chi connectivity index (χ1n) is 8.13. The van der Waals surface area contributed by atoms with Crippen LogP contribution in [0.3, 0.4) is 0 Å². The van der Waals surface area contributed by atoms with Crippen molar-refractivity contribution in [3.63, 3.8) is 0 Å². The van der Waals surface area contributed by atoms with Crippen LogP contribution in [0.1, 0.15) is 26.5 Å². The number of aromatic nitrogens is 2. The highest BCUT2D eigenvalue weighted by Gasteiger charge is 2.24. The zero-order chi connectivity index (χ0) is 18.2. The minimum Gasteiger partial charge on any atom is -0.378 e. The summed E-state index contributed by atoms with van der Waals surface area (Å²) in [6, 6.07) is 10.8. The number of hydrogen-bond donors (Lipinski definition) is 0. The third-order valence-corrected chi connectivity index (χ3v) is 3.89. The van der Waals surface area contributed by atoms with Crippen molar-refractivity contribution in [2.45, 2.75) is 26.2 Å². The van der Waals surface area contributed by atoms with Gasteiger partial charge < -0.3 is 4.90 Å². The minimum absolute atomic E-state index is 0.231. The smallest absolute Gasteiger partial charge is 0.183 e. The van der Waals surface area contributed by atoms with E-state index < -0.39 is 0 Å². The summed E-state index contributed by atoms with van der Waals surface area (Å²) < 4.78 is 15.3. The Morgan fingerprint density at radius 1 is 1.00 bits per heavy atom. The maximum Gasteiger partial charge on any atom is 0.183 e. The SMILES string of the molecule is CN(C)c1ccc(N=Nc2c(C(C)(C)C)nc3ccc(F)cn23)cc1. The second-order valence-electron chi connectivity index (χ2n) is 7.22. The van der Waals surface area contributed by atoms with Crippen LogP contribution >= 0.6 is 0 Å². The maximum absolute atomic E-state index is 13.7. The lowest BCUT2D eigenvalue weighted by atomic mass is 9.92. The molecule has 6 heteroatoms. The first-order chi connectivity index (χ1) is 11.8. The van der Waals surface area contributed by atoms with E-state index in [1.54, 1.807) is 10.5 Å². The standard InChI is InChI=1S/C19H22FN5/c1-19(2,3)17-18(25-12-13(20)6-11-16(25)21-17)23-22-14-7-9-15(10-8-14)24(4)5/h6-12H,1-5H3. The molecule has 130 valence electrons. The number of pyridine rings is 1. The Morgan fingerprint density at radius 2 is 1.68 bits per heavy atom. The summed E-state index contributed by atoms with van der Waals surface area (Å²) in [5.74, 6) is 0.218. The predicted molar refractivity (Wildman–Crippen MR) is 98.8 cm³/mol.